The molecule has 2 N–H and O–H groups in total. The van der Waals surface area contributed by atoms with Gasteiger partial charge in [0.2, 0.25) is 5.91 Å². The monoisotopic (exact) mass is 241 g/mol. The van der Waals surface area contributed by atoms with Crippen LogP contribution in [0, 0.1) is 5.92 Å². The van der Waals surface area contributed by atoms with Crippen molar-refractivity contribution in [2.24, 2.45) is 5.92 Å². The molecule has 1 amide bonds. The summed E-state index contributed by atoms with van der Waals surface area (Å²) in [4.78, 5) is 11.9. The van der Waals surface area contributed by atoms with Crippen molar-refractivity contribution in [3.63, 3.8) is 0 Å². The lowest BCUT2D eigenvalue weighted by atomic mass is 9.80. The van der Waals surface area contributed by atoms with E-state index in [4.69, 9.17) is 4.74 Å². The molecule has 98 valence electrons. The molecule has 0 aromatic carbocycles. The van der Waals surface area contributed by atoms with Crippen LogP contribution in [0.25, 0.3) is 0 Å². The van der Waals surface area contributed by atoms with Crippen LogP contribution in [0.15, 0.2) is 0 Å². The van der Waals surface area contributed by atoms with Crippen LogP contribution in [-0.2, 0) is 9.53 Å². The maximum Gasteiger partial charge on any atom is 0.249 e. The molecule has 2 fully saturated rings. The molecule has 2 atom stereocenters. The zero-order valence-electron chi connectivity index (χ0n) is 10.7. The van der Waals surface area contributed by atoms with E-state index in [2.05, 4.69) is 5.32 Å². The Morgan fingerprint density at radius 3 is 2.65 bits per heavy atom. The zero-order chi connectivity index (χ0) is 12.5. The lowest BCUT2D eigenvalue weighted by Crippen LogP contribution is -2.50. The van der Waals surface area contributed by atoms with E-state index in [9.17, 15) is 9.90 Å². The van der Waals surface area contributed by atoms with Gasteiger partial charge in [-0.1, -0.05) is 6.42 Å². The topological polar surface area (TPSA) is 58.6 Å². The summed E-state index contributed by atoms with van der Waals surface area (Å²) in [6.07, 6.45) is 3.94. The van der Waals surface area contributed by atoms with Gasteiger partial charge in [0.15, 0.2) is 0 Å². The average molecular weight is 241 g/mol. The van der Waals surface area contributed by atoms with E-state index in [-0.39, 0.29) is 23.5 Å². The van der Waals surface area contributed by atoms with Crippen molar-refractivity contribution in [3.05, 3.63) is 0 Å². The predicted octanol–water partition coefficient (Wildman–Crippen LogP) is 1.22. The highest BCUT2D eigenvalue weighted by Crippen LogP contribution is 2.30. The lowest BCUT2D eigenvalue weighted by molar-refractivity contribution is -0.136. The molecule has 4 nitrogen and oxygen atoms in total. The van der Waals surface area contributed by atoms with Gasteiger partial charge in [-0.15, -0.1) is 0 Å². The van der Waals surface area contributed by atoms with Crippen LogP contribution in [0.2, 0.25) is 0 Å². The molecule has 1 saturated carbocycles. The van der Waals surface area contributed by atoms with Crippen LogP contribution >= 0.6 is 0 Å². The molecule has 4 heteroatoms. The summed E-state index contributed by atoms with van der Waals surface area (Å²) in [6, 6.07) is 0.140. The Kier molecular flexibility index (Phi) is 3.73. The fourth-order valence-corrected chi connectivity index (χ4v) is 2.61. The van der Waals surface area contributed by atoms with Gasteiger partial charge in [-0.25, -0.2) is 0 Å². The van der Waals surface area contributed by atoms with Crippen molar-refractivity contribution in [3.8, 4) is 0 Å². The maximum atomic E-state index is 11.9. The molecular formula is C13H23NO3. The van der Waals surface area contributed by atoms with Gasteiger partial charge < -0.3 is 15.2 Å². The first-order valence-corrected chi connectivity index (χ1v) is 6.60. The van der Waals surface area contributed by atoms with Crippen molar-refractivity contribution < 1.29 is 14.6 Å². The molecule has 1 saturated heterocycles. The van der Waals surface area contributed by atoms with E-state index in [0.29, 0.717) is 6.61 Å². The van der Waals surface area contributed by atoms with Gasteiger partial charge in [0.05, 0.1) is 5.60 Å². The number of aliphatic hydroxyl groups excluding tert-OH is 1. The quantitative estimate of drug-likeness (QED) is 0.781. The molecule has 1 aliphatic heterocycles. The van der Waals surface area contributed by atoms with Gasteiger partial charge >= 0.3 is 0 Å². The SMILES string of the molecule is CC1(C)CC(NC(=O)C(O)C2CCC2)CCO1. The van der Waals surface area contributed by atoms with Crippen molar-refractivity contribution in [1.82, 2.24) is 5.32 Å². The largest absolute Gasteiger partial charge is 0.383 e. The Bertz CT molecular complexity index is 286. The number of aliphatic hydroxyl groups is 1. The Morgan fingerprint density at radius 1 is 1.41 bits per heavy atom. The number of carbonyl (C=O) groups excluding carboxylic acids is 1. The third kappa shape index (κ3) is 3.19. The molecule has 1 aliphatic carbocycles. The summed E-state index contributed by atoms with van der Waals surface area (Å²) in [7, 11) is 0. The van der Waals surface area contributed by atoms with Gasteiger partial charge in [0.1, 0.15) is 6.10 Å². The predicted molar refractivity (Wildman–Crippen MR) is 64.5 cm³/mol. The van der Waals surface area contributed by atoms with Gasteiger partial charge in [0, 0.05) is 12.6 Å². The standard InChI is InChI=1S/C13H23NO3/c1-13(2)8-10(6-7-17-13)14-12(16)11(15)9-4-3-5-9/h9-11,15H,3-8H2,1-2H3,(H,14,16). The first kappa shape index (κ1) is 12.8. The summed E-state index contributed by atoms with van der Waals surface area (Å²) >= 11 is 0. The second kappa shape index (κ2) is 4.94. The van der Waals surface area contributed by atoms with E-state index >= 15 is 0 Å². The molecule has 0 aromatic heterocycles. The lowest BCUT2D eigenvalue weighted by Gasteiger charge is -2.37. The van der Waals surface area contributed by atoms with E-state index < -0.39 is 6.10 Å². The van der Waals surface area contributed by atoms with Crippen LogP contribution < -0.4 is 5.32 Å². The fourth-order valence-electron chi connectivity index (χ4n) is 2.61. The normalized spacial score (nSPS) is 30.4. The second-order valence-electron chi connectivity index (χ2n) is 5.94. The van der Waals surface area contributed by atoms with Crippen molar-refractivity contribution in [2.75, 3.05) is 6.61 Å². The highest BCUT2D eigenvalue weighted by molar-refractivity contribution is 5.81. The molecular weight excluding hydrogens is 218 g/mol. The summed E-state index contributed by atoms with van der Waals surface area (Å²) in [6.45, 7) is 4.75. The number of hydrogen-bond acceptors (Lipinski definition) is 3. The number of hydrogen-bond donors (Lipinski definition) is 2. The van der Waals surface area contributed by atoms with E-state index in [1.165, 1.54) is 0 Å². The molecule has 0 radical (unpaired) electrons. The minimum absolute atomic E-state index is 0.140. The minimum Gasteiger partial charge on any atom is -0.383 e. The molecule has 0 spiro atoms. The van der Waals surface area contributed by atoms with Crippen LogP contribution in [0.3, 0.4) is 0 Å². The molecule has 2 aliphatic rings. The average Bonchev–Trinajstić information content (AvgIpc) is 2.12. The minimum atomic E-state index is -0.810. The zero-order valence-corrected chi connectivity index (χ0v) is 10.7. The Labute approximate surface area is 103 Å². The van der Waals surface area contributed by atoms with Crippen LogP contribution in [0.1, 0.15) is 46.0 Å². The second-order valence-corrected chi connectivity index (χ2v) is 5.94. The number of nitrogens with one attached hydrogen (secondary N) is 1. The highest BCUT2D eigenvalue weighted by Gasteiger charge is 2.34. The third-order valence-electron chi connectivity index (χ3n) is 3.91. The Hall–Kier alpha value is -0.610. The first-order chi connectivity index (χ1) is 7.98. The van der Waals surface area contributed by atoms with Crippen LogP contribution in [0.4, 0.5) is 0 Å². The molecule has 17 heavy (non-hydrogen) atoms. The fraction of sp³-hybridized carbons (Fsp3) is 0.923. The number of rotatable bonds is 3. The van der Waals surface area contributed by atoms with Gasteiger partial charge in [-0.3, -0.25) is 4.79 Å². The summed E-state index contributed by atoms with van der Waals surface area (Å²) in [5.74, 6) is -0.0137. The van der Waals surface area contributed by atoms with Crippen molar-refractivity contribution in [1.29, 1.82) is 0 Å². The summed E-state index contributed by atoms with van der Waals surface area (Å²) in [5, 5.41) is 12.8. The molecule has 0 aromatic rings. The van der Waals surface area contributed by atoms with Crippen molar-refractivity contribution in [2.45, 2.75) is 63.7 Å². The maximum absolute atomic E-state index is 11.9. The Balaban J connectivity index is 1.81. The number of carbonyl (C=O) groups is 1. The van der Waals surface area contributed by atoms with E-state index in [1.807, 2.05) is 13.8 Å². The molecule has 2 rings (SSSR count). The van der Waals surface area contributed by atoms with Crippen LogP contribution in [0.5, 0.6) is 0 Å². The molecule has 1 heterocycles. The van der Waals surface area contributed by atoms with E-state index in [0.717, 1.165) is 32.1 Å². The molecule has 2 unspecified atom stereocenters. The summed E-state index contributed by atoms with van der Waals surface area (Å²) < 4.78 is 5.60. The Morgan fingerprint density at radius 2 is 2.12 bits per heavy atom. The number of amides is 1. The first-order valence-electron chi connectivity index (χ1n) is 6.60. The smallest absolute Gasteiger partial charge is 0.249 e. The van der Waals surface area contributed by atoms with Gasteiger partial charge in [0.25, 0.3) is 0 Å². The highest BCUT2D eigenvalue weighted by atomic mass is 16.5. The summed E-state index contributed by atoms with van der Waals surface area (Å²) in [5.41, 5.74) is -0.169. The molecule has 0 bridgehead atoms. The van der Waals surface area contributed by atoms with Crippen molar-refractivity contribution >= 4 is 5.91 Å². The van der Waals surface area contributed by atoms with E-state index in [1.54, 1.807) is 0 Å². The number of ether oxygens (including phenoxy) is 1. The third-order valence-corrected chi connectivity index (χ3v) is 3.91. The van der Waals surface area contributed by atoms with Gasteiger partial charge in [-0.2, -0.15) is 0 Å². The van der Waals surface area contributed by atoms with Crippen LogP contribution in [-0.4, -0.2) is 35.4 Å². The van der Waals surface area contributed by atoms with Gasteiger partial charge in [-0.05, 0) is 45.4 Å².